The molecule has 3 aromatic heterocycles. The Balaban J connectivity index is 1.41. The van der Waals surface area contributed by atoms with Gasteiger partial charge in [0.2, 0.25) is 5.88 Å². The maximum Gasteiger partial charge on any atom is 0.275 e. The highest BCUT2D eigenvalue weighted by atomic mass is 35.5. The highest BCUT2D eigenvalue weighted by molar-refractivity contribution is 7.12. The van der Waals surface area contributed by atoms with Crippen molar-refractivity contribution >= 4 is 51.0 Å². The predicted octanol–water partition coefficient (Wildman–Crippen LogP) is 3.50. The van der Waals surface area contributed by atoms with E-state index in [9.17, 15) is 9.90 Å². The molecule has 4 heterocycles. The number of rotatable bonds is 4. The molecule has 4 aromatic rings. The van der Waals surface area contributed by atoms with E-state index in [4.69, 9.17) is 11.6 Å². The number of carbonyl (C=O) groups is 1. The first-order valence-corrected chi connectivity index (χ1v) is 11.0. The Bertz CT molecular complexity index is 1260. The summed E-state index contributed by atoms with van der Waals surface area (Å²) < 4.78 is 1.54. The molecular weight excluding hydrogens is 436 g/mol. The molecule has 0 saturated carbocycles. The largest absolute Gasteiger partial charge is 0.494 e. The van der Waals surface area contributed by atoms with E-state index < -0.39 is 0 Å². The van der Waals surface area contributed by atoms with Gasteiger partial charge in [-0.15, -0.1) is 11.3 Å². The molecule has 0 aliphatic carbocycles. The van der Waals surface area contributed by atoms with Crippen LogP contribution in [-0.2, 0) is 0 Å². The molecule has 1 aliphatic rings. The smallest absolute Gasteiger partial charge is 0.275 e. The zero-order valence-electron chi connectivity index (χ0n) is 16.4. The summed E-state index contributed by atoms with van der Waals surface area (Å²) in [4.78, 5) is 23.7. The Kier molecular flexibility index (Phi) is 5.23. The van der Waals surface area contributed by atoms with E-state index in [1.54, 1.807) is 30.0 Å². The van der Waals surface area contributed by atoms with Gasteiger partial charge in [0.1, 0.15) is 5.69 Å². The molecule has 0 unspecified atom stereocenters. The molecule has 1 fully saturated rings. The van der Waals surface area contributed by atoms with Crippen LogP contribution in [0.3, 0.4) is 0 Å². The number of thiazole rings is 1. The molecule has 0 spiro atoms. The lowest BCUT2D eigenvalue weighted by Gasteiger charge is -2.30. The van der Waals surface area contributed by atoms with Gasteiger partial charge in [-0.2, -0.15) is 0 Å². The van der Waals surface area contributed by atoms with Gasteiger partial charge < -0.3 is 20.6 Å². The molecule has 10 heteroatoms. The molecule has 31 heavy (non-hydrogen) atoms. The first kappa shape index (κ1) is 19.8. The van der Waals surface area contributed by atoms with Gasteiger partial charge in [0.05, 0.1) is 28.0 Å². The van der Waals surface area contributed by atoms with Crippen molar-refractivity contribution < 1.29 is 9.90 Å². The van der Waals surface area contributed by atoms with Crippen molar-refractivity contribution in [2.45, 2.75) is 0 Å². The van der Waals surface area contributed by atoms with Gasteiger partial charge in [-0.3, -0.25) is 14.3 Å². The third kappa shape index (κ3) is 3.71. The van der Waals surface area contributed by atoms with Crippen LogP contribution in [0.15, 0.2) is 48.2 Å². The fourth-order valence-corrected chi connectivity index (χ4v) is 4.73. The minimum atomic E-state index is -0.332. The van der Waals surface area contributed by atoms with Crippen LogP contribution >= 0.6 is 22.9 Å². The summed E-state index contributed by atoms with van der Waals surface area (Å²) in [5.74, 6) is -0.337. The molecule has 1 aliphatic heterocycles. The molecule has 1 aromatic carbocycles. The standard InChI is InChI=1S/C21H19ClN6O2S/c22-14-3-1-2-13-11-28(20(30)18(13)14)21-26-16(12-31-21)19(29)25-15-10-24-5-4-17(15)27-8-6-23-7-9-27/h1-5,10-12,23,30H,6-9H2,(H,25,29). The molecule has 1 saturated heterocycles. The zero-order valence-corrected chi connectivity index (χ0v) is 18.0. The summed E-state index contributed by atoms with van der Waals surface area (Å²) in [6.45, 7) is 3.50. The van der Waals surface area contributed by atoms with Gasteiger partial charge in [-0.05, 0) is 12.1 Å². The average Bonchev–Trinajstić information content (AvgIpc) is 3.40. The topological polar surface area (TPSA) is 95.3 Å². The summed E-state index contributed by atoms with van der Waals surface area (Å²) in [5.41, 5.74) is 1.84. The summed E-state index contributed by atoms with van der Waals surface area (Å²) >= 11 is 7.48. The molecule has 158 valence electrons. The number of halogens is 1. The number of hydrogen-bond acceptors (Lipinski definition) is 7. The fraction of sp³-hybridized carbons (Fsp3) is 0.190. The monoisotopic (exact) mass is 454 g/mol. The third-order valence-corrected chi connectivity index (χ3v) is 6.36. The van der Waals surface area contributed by atoms with Gasteiger partial charge in [0.25, 0.3) is 5.91 Å². The maximum absolute atomic E-state index is 12.9. The van der Waals surface area contributed by atoms with Crippen LogP contribution in [0.4, 0.5) is 11.4 Å². The summed E-state index contributed by atoms with van der Waals surface area (Å²) in [5, 5.41) is 20.8. The van der Waals surface area contributed by atoms with E-state index in [1.165, 1.54) is 15.9 Å². The number of aromatic hydroxyl groups is 1. The lowest BCUT2D eigenvalue weighted by atomic mass is 10.2. The highest BCUT2D eigenvalue weighted by Crippen LogP contribution is 2.36. The highest BCUT2D eigenvalue weighted by Gasteiger charge is 2.19. The number of benzene rings is 1. The summed E-state index contributed by atoms with van der Waals surface area (Å²) in [6, 6.07) is 7.30. The Labute approximate surface area is 187 Å². The Morgan fingerprint density at radius 1 is 1.26 bits per heavy atom. The Morgan fingerprint density at radius 2 is 2.10 bits per heavy atom. The molecule has 3 N–H and O–H groups in total. The SMILES string of the molecule is O=C(Nc1cnccc1N1CCNCC1)c1csc(-n2cc3cccc(Cl)c3c2O)n1. The van der Waals surface area contributed by atoms with E-state index in [2.05, 4.69) is 25.5 Å². The second kappa shape index (κ2) is 8.18. The van der Waals surface area contributed by atoms with E-state index in [-0.39, 0.29) is 17.5 Å². The number of pyridine rings is 1. The van der Waals surface area contributed by atoms with E-state index >= 15 is 0 Å². The van der Waals surface area contributed by atoms with Gasteiger partial charge in [-0.1, -0.05) is 23.7 Å². The van der Waals surface area contributed by atoms with Crippen LogP contribution in [0.2, 0.25) is 5.02 Å². The number of amides is 1. The minimum absolute atomic E-state index is 0.00448. The minimum Gasteiger partial charge on any atom is -0.494 e. The van der Waals surface area contributed by atoms with Crippen molar-refractivity contribution in [3.8, 4) is 11.0 Å². The van der Waals surface area contributed by atoms with Crippen LogP contribution in [-0.4, -0.2) is 51.7 Å². The molecule has 0 bridgehead atoms. The van der Waals surface area contributed by atoms with Crippen molar-refractivity contribution in [2.75, 3.05) is 36.4 Å². The van der Waals surface area contributed by atoms with Gasteiger partial charge >= 0.3 is 0 Å². The molecule has 0 radical (unpaired) electrons. The normalized spacial score (nSPS) is 14.2. The third-order valence-electron chi connectivity index (χ3n) is 5.20. The predicted molar refractivity (Wildman–Crippen MR) is 123 cm³/mol. The number of hydrogen-bond donors (Lipinski definition) is 3. The summed E-state index contributed by atoms with van der Waals surface area (Å²) in [6.07, 6.45) is 5.12. The molecule has 0 atom stereocenters. The average molecular weight is 455 g/mol. The van der Waals surface area contributed by atoms with Crippen molar-refractivity contribution in [1.29, 1.82) is 0 Å². The molecule has 1 amide bonds. The van der Waals surface area contributed by atoms with Crippen molar-refractivity contribution in [3.05, 3.63) is 59.0 Å². The number of nitrogens with zero attached hydrogens (tertiary/aromatic N) is 4. The van der Waals surface area contributed by atoms with Crippen LogP contribution in [0.5, 0.6) is 5.88 Å². The second-order valence-electron chi connectivity index (χ2n) is 7.13. The molecule has 5 rings (SSSR count). The van der Waals surface area contributed by atoms with Crippen molar-refractivity contribution in [3.63, 3.8) is 0 Å². The Morgan fingerprint density at radius 3 is 2.90 bits per heavy atom. The van der Waals surface area contributed by atoms with Gasteiger partial charge in [-0.25, -0.2) is 4.98 Å². The number of anilines is 2. The van der Waals surface area contributed by atoms with Crippen LogP contribution < -0.4 is 15.5 Å². The lowest BCUT2D eigenvalue weighted by molar-refractivity contribution is 0.102. The Hall–Kier alpha value is -3.14. The quantitative estimate of drug-likeness (QED) is 0.437. The summed E-state index contributed by atoms with van der Waals surface area (Å²) in [7, 11) is 0. The number of aromatic nitrogens is 3. The van der Waals surface area contributed by atoms with Crippen molar-refractivity contribution in [2.24, 2.45) is 0 Å². The molecular formula is C21H19ClN6O2S. The number of fused-ring (bicyclic) bond motifs is 1. The van der Waals surface area contributed by atoms with Gasteiger partial charge in [0, 0.05) is 49.3 Å². The van der Waals surface area contributed by atoms with Gasteiger partial charge in [0.15, 0.2) is 5.13 Å². The first-order valence-electron chi connectivity index (χ1n) is 9.77. The van der Waals surface area contributed by atoms with Crippen molar-refractivity contribution in [1.82, 2.24) is 19.9 Å². The second-order valence-corrected chi connectivity index (χ2v) is 8.37. The van der Waals surface area contributed by atoms with Crippen LogP contribution in [0.25, 0.3) is 15.9 Å². The zero-order chi connectivity index (χ0) is 21.4. The number of piperazine rings is 1. The first-order chi connectivity index (χ1) is 15.1. The maximum atomic E-state index is 12.9. The van der Waals surface area contributed by atoms with E-state index in [0.717, 1.165) is 37.3 Å². The van der Waals surface area contributed by atoms with E-state index in [1.807, 2.05) is 18.2 Å². The number of nitrogens with one attached hydrogen (secondary N) is 2. The molecule has 8 nitrogen and oxygen atoms in total. The number of carbonyl (C=O) groups excluding carboxylic acids is 1. The fourth-order valence-electron chi connectivity index (χ4n) is 3.68. The van der Waals surface area contributed by atoms with Crippen LogP contribution in [0, 0.1) is 0 Å². The van der Waals surface area contributed by atoms with Crippen LogP contribution in [0.1, 0.15) is 10.5 Å². The lowest BCUT2D eigenvalue weighted by Crippen LogP contribution is -2.43. The van der Waals surface area contributed by atoms with E-state index in [0.29, 0.717) is 21.2 Å².